The maximum Gasteiger partial charge on any atom is 0.200 e. The Labute approximate surface area is 150 Å². The molecule has 0 atom stereocenters. The zero-order valence-corrected chi connectivity index (χ0v) is 14.6. The van der Waals surface area contributed by atoms with Gasteiger partial charge in [0.15, 0.2) is 28.8 Å². The van der Waals surface area contributed by atoms with Gasteiger partial charge in [-0.15, -0.1) is 0 Å². The molecule has 0 radical (unpaired) electrons. The lowest BCUT2D eigenvalue weighted by molar-refractivity contribution is 0.103. The van der Waals surface area contributed by atoms with E-state index in [9.17, 15) is 35.4 Å². The van der Waals surface area contributed by atoms with Gasteiger partial charge in [0.05, 0.1) is 0 Å². The van der Waals surface area contributed by atoms with E-state index < -0.39 is 40.3 Å². The normalized spacial score (nSPS) is 10.8. The molecule has 0 saturated carbocycles. The molecule has 0 fully saturated rings. The van der Waals surface area contributed by atoms with Crippen molar-refractivity contribution in [1.82, 2.24) is 0 Å². The summed E-state index contributed by atoms with van der Waals surface area (Å²) in [5.74, 6) is -4.57. The number of phenols is 6. The standard InChI is InChI=1S/C19H22O7/c1-3-5-9-11(7-13(20)18(25)16(9)23)15(22)12-8-14(21)19(26)17(24)10(12)6-4-2/h7-8,20-21,23-26H,3-6H2,1-2H3. The minimum Gasteiger partial charge on any atom is -0.504 e. The van der Waals surface area contributed by atoms with E-state index in [1.165, 1.54) is 0 Å². The quantitative estimate of drug-likeness (QED) is 0.343. The van der Waals surface area contributed by atoms with Crippen LogP contribution in [0.25, 0.3) is 0 Å². The summed E-state index contributed by atoms with van der Waals surface area (Å²) in [5.41, 5.74) is 0.201. The van der Waals surface area contributed by atoms with Crippen molar-refractivity contribution in [1.29, 1.82) is 0 Å². The molecule has 0 unspecified atom stereocenters. The number of ketones is 1. The van der Waals surface area contributed by atoms with Gasteiger partial charge in [-0.1, -0.05) is 26.7 Å². The lowest BCUT2D eigenvalue weighted by atomic mass is 9.90. The van der Waals surface area contributed by atoms with Crippen molar-refractivity contribution in [3.63, 3.8) is 0 Å². The molecule has 0 aliphatic heterocycles. The Kier molecular flexibility index (Phi) is 5.50. The first kappa shape index (κ1) is 19.2. The van der Waals surface area contributed by atoms with E-state index >= 15 is 0 Å². The van der Waals surface area contributed by atoms with Gasteiger partial charge < -0.3 is 30.6 Å². The van der Waals surface area contributed by atoms with Gasteiger partial charge in [-0.05, 0) is 25.0 Å². The fourth-order valence-corrected chi connectivity index (χ4v) is 2.92. The fourth-order valence-electron chi connectivity index (χ4n) is 2.92. The number of phenolic OH excluding ortho intramolecular Hbond substituents is 6. The molecule has 26 heavy (non-hydrogen) atoms. The SMILES string of the molecule is CCCc1c(C(=O)c2cc(O)c(O)c(O)c2CCC)cc(O)c(O)c1O. The van der Waals surface area contributed by atoms with Crippen molar-refractivity contribution in [2.45, 2.75) is 39.5 Å². The molecule has 7 heteroatoms. The Balaban J connectivity index is 2.74. The first-order valence-electron chi connectivity index (χ1n) is 8.32. The highest BCUT2D eigenvalue weighted by Crippen LogP contribution is 2.44. The summed E-state index contributed by atoms with van der Waals surface area (Å²) in [6.45, 7) is 3.64. The highest BCUT2D eigenvalue weighted by Gasteiger charge is 2.26. The number of rotatable bonds is 6. The molecule has 6 N–H and O–H groups in total. The molecular formula is C19H22O7. The molecule has 0 aromatic heterocycles. The summed E-state index contributed by atoms with van der Waals surface area (Å²) in [7, 11) is 0. The predicted molar refractivity (Wildman–Crippen MR) is 94.3 cm³/mol. The van der Waals surface area contributed by atoms with Crippen LogP contribution in [-0.4, -0.2) is 36.4 Å². The van der Waals surface area contributed by atoms with Crippen molar-refractivity contribution in [2.75, 3.05) is 0 Å². The number of benzene rings is 2. The minimum absolute atomic E-state index is 0.0542. The number of aromatic hydroxyl groups is 6. The predicted octanol–water partition coefficient (Wildman–Crippen LogP) is 3.06. The molecule has 2 aromatic carbocycles. The molecule has 0 heterocycles. The number of carbonyl (C=O) groups is 1. The van der Waals surface area contributed by atoms with Crippen LogP contribution in [0.5, 0.6) is 34.5 Å². The Hall–Kier alpha value is -3.09. The van der Waals surface area contributed by atoms with Crippen molar-refractivity contribution >= 4 is 5.78 Å². The highest BCUT2D eigenvalue weighted by molar-refractivity contribution is 6.12. The zero-order chi connectivity index (χ0) is 19.6. The molecule has 0 aliphatic carbocycles. The smallest absolute Gasteiger partial charge is 0.200 e. The van der Waals surface area contributed by atoms with Crippen LogP contribution in [0.4, 0.5) is 0 Å². The molecule has 2 rings (SSSR count). The van der Waals surface area contributed by atoms with Crippen LogP contribution in [0.15, 0.2) is 12.1 Å². The third kappa shape index (κ3) is 3.20. The molecule has 140 valence electrons. The van der Waals surface area contributed by atoms with E-state index in [1.54, 1.807) is 0 Å². The van der Waals surface area contributed by atoms with Crippen molar-refractivity contribution in [3.05, 3.63) is 34.4 Å². The molecule has 0 amide bonds. The van der Waals surface area contributed by atoms with Gasteiger partial charge in [-0.2, -0.15) is 0 Å². The summed E-state index contributed by atoms with van der Waals surface area (Å²) in [6.07, 6.45) is 1.65. The molecule has 0 bridgehead atoms. The summed E-state index contributed by atoms with van der Waals surface area (Å²) in [6, 6.07) is 2.08. The summed E-state index contributed by atoms with van der Waals surface area (Å²) in [5, 5.41) is 59.3. The lowest BCUT2D eigenvalue weighted by Gasteiger charge is -2.16. The first-order valence-corrected chi connectivity index (χ1v) is 8.32. The van der Waals surface area contributed by atoms with Crippen LogP contribution in [0.2, 0.25) is 0 Å². The van der Waals surface area contributed by atoms with E-state index in [0.29, 0.717) is 12.8 Å². The average molecular weight is 362 g/mol. The van der Waals surface area contributed by atoms with Gasteiger partial charge in [0.2, 0.25) is 11.5 Å². The number of carbonyl (C=O) groups excluding carboxylic acids is 1. The third-order valence-electron chi connectivity index (χ3n) is 4.21. The van der Waals surface area contributed by atoms with Crippen LogP contribution in [0, 0.1) is 0 Å². The van der Waals surface area contributed by atoms with E-state index in [4.69, 9.17) is 0 Å². The Morgan fingerprint density at radius 1 is 0.692 bits per heavy atom. The third-order valence-corrected chi connectivity index (χ3v) is 4.21. The van der Waals surface area contributed by atoms with Crippen LogP contribution in [0.1, 0.15) is 53.7 Å². The van der Waals surface area contributed by atoms with Crippen LogP contribution >= 0.6 is 0 Å². The Morgan fingerprint density at radius 3 is 1.35 bits per heavy atom. The van der Waals surface area contributed by atoms with Crippen molar-refractivity contribution < 1.29 is 35.4 Å². The van der Waals surface area contributed by atoms with Gasteiger partial charge in [-0.3, -0.25) is 4.79 Å². The average Bonchev–Trinajstić information content (AvgIpc) is 2.61. The number of hydrogen-bond donors (Lipinski definition) is 6. The Bertz CT molecular complexity index is 786. The minimum atomic E-state index is -0.713. The second kappa shape index (κ2) is 7.43. The van der Waals surface area contributed by atoms with Gasteiger partial charge >= 0.3 is 0 Å². The van der Waals surface area contributed by atoms with Crippen molar-refractivity contribution in [2.24, 2.45) is 0 Å². The van der Waals surface area contributed by atoms with Crippen LogP contribution in [-0.2, 0) is 12.8 Å². The van der Waals surface area contributed by atoms with E-state index in [-0.39, 0.29) is 35.1 Å². The first-order chi connectivity index (χ1) is 12.2. The van der Waals surface area contributed by atoms with Crippen LogP contribution in [0.3, 0.4) is 0 Å². The number of hydrogen-bond acceptors (Lipinski definition) is 7. The monoisotopic (exact) mass is 362 g/mol. The van der Waals surface area contributed by atoms with E-state index in [2.05, 4.69) is 0 Å². The molecular weight excluding hydrogens is 340 g/mol. The molecule has 0 aliphatic rings. The largest absolute Gasteiger partial charge is 0.504 e. The molecule has 2 aromatic rings. The fraction of sp³-hybridized carbons (Fsp3) is 0.316. The maximum atomic E-state index is 13.1. The molecule has 0 spiro atoms. The van der Waals surface area contributed by atoms with Gasteiger partial charge in [-0.25, -0.2) is 0 Å². The molecule has 0 saturated heterocycles. The topological polar surface area (TPSA) is 138 Å². The summed E-state index contributed by atoms with van der Waals surface area (Å²) in [4.78, 5) is 13.1. The lowest BCUT2D eigenvalue weighted by Crippen LogP contribution is -2.09. The zero-order valence-electron chi connectivity index (χ0n) is 14.6. The van der Waals surface area contributed by atoms with Gasteiger partial charge in [0, 0.05) is 22.3 Å². The van der Waals surface area contributed by atoms with Crippen molar-refractivity contribution in [3.8, 4) is 34.5 Å². The second-order valence-electron chi connectivity index (χ2n) is 6.07. The van der Waals surface area contributed by atoms with Gasteiger partial charge in [0.25, 0.3) is 0 Å². The highest BCUT2D eigenvalue weighted by atomic mass is 16.3. The Morgan fingerprint density at radius 2 is 1.04 bits per heavy atom. The second-order valence-corrected chi connectivity index (χ2v) is 6.07. The van der Waals surface area contributed by atoms with Crippen LogP contribution < -0.4 is 0 Å². The van der Waals surface area contributed by atoms with E-state index in [0.717, 1.165) is 12.1 Å². The summed E-state index contributed by atoms with van der Waals surface area (Å²) >= 11 is 0. The molecule has 7 nitrogen and oxygen atoms in total. The summed E-state index contributed by atoms with van der Waals surface area (Å²) < 4.78 is 0. The van der Waals surface area contributed by atoms with E-state index in [1.807, 2.05) is 13.8 Å². The van der Waals surface area contributed by atoms with Gasteiger partial charge in [0.1, 0.15) is 0 Å². The maximum absolute atomic E-state index is 13.1.